The summed E-state index contributed by atoms with van der Waals surface area (Å²) in [6, 6.07) is 0. The number of hydrogen-bond donors (Lipinski definition) is 0. The van der Waals surface area contributed by atoms with Crippen molar-refractivity contribution in [1.82, 2.24) is 0 Å². The molecule has 0 aromatic rings. The van der Waals surface area contributed by atoms with E-state index >= 15 is 0 Å². The van der Waals surface area contributed by atoms with Gasteiger partial charge in [0.15, 0.2) is 0 Å². The summed E-state index contributed by atoms with van der Waals surface area (Å²) in [5, 5.41) is 0. The molecule has 2 fully saturated rings. The van der Waals surface area contributed by atoms with Crippen LogP contribution in [0.2, 0.25) is 0 Å². The second-order valence-corrected chi connectivity index (χ2v) is 5.08. The Morgan fingerprint density at radius 2 is 1.32 bits per heavy atom. The van der Waals surface area contributed by atoms with Gasteiger partial charge in [-0.1, -0.05) is 0 Å². The van der Waals surface area contributed by atoms with Crippen molar-refractivity contribution >= 4 is 0 Å². The molecule has 5 nitrogen and oxygen atoms in total. The van der Waals surface area contributed by atoms with Crippen LogP contribution in [0.3, 0.4) is 0 Å². The lowest BCUT2D eigenvalue weighted by Crippen LogP contribution is -2.32. The molecule has 19 heavy (non-hydrogen) atoms. The predicted octanol–water partition coefficient (Wildman–Crippen LogP) is 1.39. The molecule has 0 N–H and O–H groups in total. The van der Waals surface area contributed by atoms with Crippen molar-refractivity contribution in [3.63, 3.8) is 0 Å². The summed E-state index contributed by atoms with van der Waals surface area (Å²) in [6.07, 6.45) is 2.72. The summed E-state index contributed by atoms with van der Waals surface area (Å²) in [5.74, 6) is 0. The zero-order valence-corrected chi connectivity index (χ0v) is 12.0. The lowest BCUT2D eigenvalue weighted by Gasteiger charge is -2.24. The minimum absolute atomic E-state index is 0.0941. The molecular weight excluding hydrogens is 248 g/mol. The first-order chi connectivity index (χ1) is 9.31. The lowest BCUT2D eigenvalue weighted by atomic mass is 10.1. The Morgan fingerprint density at radius 3 is 1.63 bits per heavy atom. The van der Waals surface area contributed by atoms with Crippen molar-refractivity contribution < 1.29 is 23.7 Å². The van der Waals surface area contributed by atoms with Crippen LogP contribution >= 0.6 is 0 Å². The Labute approximate surface area is 115 Å². The Bertz CT molecular complexity index is 216. The molecule has 0 aromatic heterocycles. The Hall–Kier alpha value is -0.200. The predicted molar refractivity (Wildman–Crippen MR) is 70.4 cm³/mol. The van der Waals surface area contributed by atoms with E-state index in [0.717, 1.165) is 26.1 Å². The fourth-order valence-electron chi connectivity index (χ4n) is 2.09. The summed E-state index contributed by atoms with van der Waals surface area (Å²) >= 11 is 0. The SMILES string of the molecule is CCOCC(CC1CO1)OC(COCC)CC1CO1. The van der Waals surface area contributed by atoms with Gasteiger partial charge < -0.3 is 23.7 Å². The summed E-state index contributed by atoms with van der Waals surface area (Å²) in [4.78, 5) is 0. The van der Waals surface area contributed by atoms with Gasteiger partial charge >= 0.3 is 0 Å². The number of hydrogen-bond acceptors (Lipinski definition) is 5. The van der Waals surface area contributed by atoms with Gasteiger partial charge in [0.2, 0.25) is 0 Å². The number of rotatable bonds is 12. The molecule has 4 unspecified atom stereocenters. The molecule has 2 aliphatic heterocycles. The van der Waals surface area contributed by atoms with E-state index in [-0.39, 0.29) is 12.2 Å². The highest BCUT2D eigenvalue weighted by Gasteiger charge is 2.32. The van der Waals surface area contributed by atoms with E-state index in [1.807, 2.05) is 13.8 Å². The molecule has 0 bridgehead atoms. The Kier molecular flexibility index (Phi) is 6.53. The van der Waals surface area contributed by atoms with Crippen LogP contribution in [0.1, 0.15) is 26.7 Å². The standard InChI is InChI=1S/C14H26O5/c1-3-15-7-13(5-11-9-17-11)19-14(8-16-4-2)6-12-10-18-12/h11-14H,3-10H2,1-2H3. The molecule has 4 atom stereocenters. The first kappa shape index (κ1) is 15.2. The van der Waals surface area contributed by atoms with Crippen LogP contribution in [0.5, 0.6) is 0 Å². The van der Waals surface area contributed by atoms with E-state index in [9.17, 15) is 0 Å². The fourth-order valence-corrected chi connectivity index (χ4v) is 2.09. The van der Waals surface area contributed by atoms with E-state index in [2.05, 4.69) is 0 Å². The zero-order chi connectivity index (χ0) is 13.5. The third-order valence-corrected chi connectivity index (χ3v) is 3.26. The molecule has 0 amide bonds. The highest BCUT2D eigenvalue weighted by atomic mass is 16.6. The van der Waals surface area contributed by atoms with Gasteiger partial charge in [-0.2, -0.15) is 0 Å². The van der Waals surface area contributed by atoms with Crippen LogP contribution in [0.25, 0.3) is 0 Å². The normalized spacial score (nSPS) is 28.1. The Balaban J connectivity index is 1.74. The van der Waals surface area contributed by atoms with Crippen molar-refractivity contribution in [1.29, 1.82) is 0 Å². The van der Waals surface area contributed by atoms with E-state index in [0.29, 0.717) is 38.6 Å². The molecule has 0 saturated carbocycles. The average Bonchev–Trinajstić information content (AvgIpc) is 3.28. The van der Waals surface area contributed by atoms with Gasteiger partial charge in [-0.25, -0.2) is 0 Å². The van der Waals surface area contributed by atoms with Crippen molar-refractivity contribution in [2.75, 3.05) is 39.6 Å². The Morgan fingerprint density at radius 1 is 0.895 bits per heavy atom. The quantitative estimate of drug-likeness (QED) is 0.503. The number of ether oxygens (including phenoxy) is 5. The molecule has 2 aliphatic rings. The van der Waals surface area contributed by atoms with Gasteiger partial charge in [-0.15, -0.1) is 0 Å². The van der Waals surface area contributed by atoms with Crippen molar-refractivity contribution in [2.45, 2.75) is 51.1 Å². The third-order valence-electron chi connectivity index (χ3n) is 3.26. The maximum Gasteiger partial charge on any atom is 0.0839 e. The summed E-state index contributed by atoms with van der Waals surface area (Å²) < 4.78 is 27.7. The largest absolute Gasteiger partial charge is 0.379 e. The second-order valence-electron chi connectivity index (χ2n) is 5.08. The minimum atomic E-state index is 0.0941. The van der Waals surface area contributed by atoms with Gasteiger partial charge in [0.1, 0.15) is 0 Å². The smallest absolute Gasteiger partial charge is 0.0839 e. The molecule has 5 heteroatoms. The molecule has 2 heterocycles. The molecule has 0 radical (unpaired) electrons. The summed E-state index contributed by atoms with van der Waals surface area (Å²) in [5.41, 5.74) is 0. The van der Waals surface area contributed by atoms with Crippen LogP contribution in [0, 0.1) is 0 Å². The van der Waals surface area contributed by atoms with Gasteiger partial charge in [0.25, 0.3) is 0 Å². The van der Waals surface area contributed by atoms with Crippen LogP contribution in [-0.2, 0) is 23.7 Å². The van der Waals surface area contributed by atoms with Gasteiger partial charge in [0, 0.05) is 26.1 Å². The molecular formula is C14H26O5. The van der Waals surface area contributed by atoms with Crippen LogP contribution in [0.15, 0.2) is 0 Å². The van der Waals surface area contributed by atoms with Crippen LogP contribution in [0.4, 0.5) is 0 Å². The lowest BCUT2D eigenvalue weighted by molar-refractivity contribution is -0.0916. The monoisotopic (exact) mass is 274 g/mol. The number of epoxide rings is 2. The third kappa shape index (κ3) is 6.68. The van der Waals surface area contributed by atoms with E-state index in [1.165, 1.54) is 0 Å². The summed E-state index contributed by atoms with van der Waals surface area (Å²) in [6.45, 7) is 8.40. The van der Waals surface area contributed by atoms with Gasteiger partial charge in [-0.05, 0) is 13.8 Å². The maximum atomic E-state index is 6.15. The average molecular weight is 274 g/mol. The van der Waals surface area contributed by atoms with E-state index in [4.69, 9.17) is 23.7 Å². The van der Waals surface area contributed by atoms with Crippen LogP contribution < -0.4 is 0 Å². The second kappa shape index (κ2) is 8.17. The summed E-state index contributed by atoms with van der Waals surface area (Å²) in [7, 11) is 0. The first-order valence-corrected chi connectivity index (χ1v) is 7.36. The maximum absolute atomic E-state index is 6.15. The highest BCUT2D eigenvalue weighted by molar-refractivity contribution is 4.79. The van der Waals surface area contributed by atoms with E-state index < -0.39 is 0 Å². The molecule has 0 aliphatic carbocycles. The highest BCUT2D eigenvalue weighted by Crippen LogP contribution is 2.22. The van der Waals surface area contributed by atoms with Crippen molar-refractivity contribution in [3.05, 3.63) is 0 Å². The molecule has 2 rings (SSSR count). The van der Waals surface area contributed by atoms with Crippen LogP contribution in [-0.4, -0.2) is 64.1 Å². The van der Waals surface area contributed by atoms with Crippen molar-refractivity contribution in [2.24, 2.45) is 0 Å². The fraction of sp³-hybridized carbons (Fsp3) is 1.00. The van der Waals surface area contributed by atoms with Crippen molar-refractivity contribution in [3.8, 4) is 0 Å². The molecule has 0 spiro atoms. The van der Waals surface area contributed by atoms with Gasteiger partial charge in [0.05, 0.1) is 50.8 Å². The first-order valence-electron chi connectivity index (χ1n) is 7.36. The molecule has 112 valence electrons. The van der Waals surface area contributed by atoms with E-state index in [1.54, 1.807) is 0 Å². The minimum Gasteiger partial charge on any atom is -0.379 e. The zero-order valence-electron chi connectivity index (χ0n) is 12.0. The van der Waals surface area contributed by atoms with Gasteiger partial charge in [-0.3, -0.25) is 0 Å². The topological polar surface area (TPSA) is 52.8 Å². The molecule has 0 aromatic carbocycles. The molecule has 2 saturated heterocycles.